The van der Waals surface area contributed by atoms with Crippen molar-refractivity contribution in [3.63, 3.8) is 0 Å². The van der Waals surface area contributed by atoms with Gasteiger partial charge in [-0.1, -0.05) is 6.92 Å². The van der Waals surface area contributed by atoms with Crippen molar-refractivity contribution < 1.29 is 14.0 Å². The summed E-state index contributed by atoms with van der Waals surface area (Å²) in [5, 5.41) is -1.18. The number of hydrogen-bond donors (Lipinski definition) is 2. The summed E-state index contributed by atoms with van der Waals surface area (Å²) in [5.41, 5.74) is 5.48. The van der Waals surface area contributed by atoms with Gasteiger partial charge in [0.25, 0.3) is 0 Å². The highest BCUT2D eigenvalue weighted by Gasteiger charge is 2.38. The van der Waals surface area contributed by atoms with E-state index in [1.165, 1.54) is 13.8 Å². The third-order valence-electron chi connectivity index (χ3n) is 1.63. The van der Waals surface area contributed by atoms with Crippen LogP contribution in [0.25, 0.3) is 0 Å². The minimum Gasteiger partial charge on any atom is -0.323 e. The molecule has 12 heavy (non-hydrogen) atoms. The summed E-state index contributed by atoms with van der Waals surface area (Å²) in [5.74, 6) is 0. The van der Waals surface area contributed by atoms with Crippen LogP contribution in [0.2, 0.25) is 0 Å². The Labute approximate surface area is 73.6 Å². The summed E-state index contributed by atoms with van der Waals surface area (Å²) in [6.07, 6.45) is 0.462. The van der Waals surface area contributed by atoms with E-state index in [1.807, 2.05) is 6.92 Å². The van der Waals surface area contributed by atoms with Crippen molar-refractivity contribution in [2.75, 3.05) is 0 Å². The molecule has 0 spiro atoms. The lowest BCUT2D eigenvalue weighted by Gasteiger charge is -2.27. The second kappa shape index (κ2) is 3.88. The number of rotatable bonds is 4. The monoisotopic (exact) mass is 195 g/mol. The van der Waals surface area contributed by atoms with E-state index in [-0.39, 0.29) is 6.10 Å². The third-order valence-corrected chi connectivity index (χ3v) is 3.73. The first-order valence-electron chi connectivity index (χ1n) is 4.01. The lowest BCUT2D eigenvalue weighted by Crippen LogP contribution is -2.33. The molecule has 0 saturated heterocycles. The second-order valence-corrected chi connectivity index (χ2v) is 5.90. The van der Waals surface area contributed by atoms with Crippen LogP contribution in [0.5, 0.6) is 0 Å². The van der Waals surface area contributed by atoms with Crippen LogP contribution in [0, 0.1) is 0 Å². The number of hydrogen-bond acceptors (Lipinski definition) is 3. The molecule has 0 fully saturated rings. The normalized spacial score (nSPS) is 20.2. The molecular formula is C7H18NO3P. The molecule has 0 bridgehead atoms. The molecule has 3 N–H and O–H groups in total. The molecule has 5 heteroatoms. The van der Waals surface area contributed by atoms with Crippen LogP contribution < -0.4 is 5.73 Å². The molecule has 0 radical (unpaired) electrons. The van der Waals surface area contributed by atoms with E-state index in [1.54, 1.807) is 6.92 Å². The van der Waals surface area contributed by atoms with E-state index < -0.39 is 12.9 Å². The second-order valence-electron chi connectivity index (χ2n) is 3.50. The highest BCUT2D eigenvalue weighted by atomic mass is 31.2. The number of nitrogens with two attached hydrogens (primary N) is 1. The van der Waals surface area contributed by atoms with Crippen LogP contribution in [-0.2, 0) is 9.09 Å². The molecule has 0 aromatic carbocycles. The zero-order valence-electron chi connectivity index (χ0n) is 8.07. The van der Waals surface area contributed by atoms with Crippen molar-refractivity contribution in [1.29, 1.82) is 0 Å². The van der Waals surface area contributed by atoms with Gasteiger partial charge in [-0.3, -0.25) is 4.57 Å². The summed E-state index contributed by atoms with van der Waals surface area (Å²) >= 11 is 0. The Balaban J connectivity index is 4.34. The maximum absolute atomic E-state index is 11.4. The van der Waals surface area contributed by atoms with Gasteiger partial charge in [-0.15, -0.1) is 0 Å². The molecule has 0 rings (SSSR count). The maximum Gasteiger partial charge on any atom is 0.347 e. The Morgan fingerprint density at radius 3 is 2.33 bits per heavy atom. The molecule has 0 aliphatic carbocycles. The Hall–Kier alpha value is 0.110. The molecule has 0 heterocycles. The molecule has 2 atom stereocenters. The Kier molecular flexibility index (Phi) is 3.91. The first-order chi connectivity index (χ1) is 5.20. The summed E-state index contributed by atoms with van der Waals surface area (Å²) in [6, 6.07) is 0. The molecule has 74 valence electrons. The van der Waals surface area contributed by atoms with Crippen LogP contribution in [0.15, 0.2) is 0 Å². The van der Waals surface area contributed by atoms with Crippen LogP contribution in [-0.4, -0.2) is 16.3 Å². The predicted octanol–water partition coefficient (Wildman–Crippen LogP) is 1.68. The largest absolute Gasteiger partial charge is 0.347 e. The minimum absolute atomic E-state index is 0.233. The van der Waals surface area contributed by atoms with Gasteiger partial charge in [0, 0.05) is 0 Å². The summed E-state index contributed by atoms with van der Waals surface area (Å²) in [6.45, 7) is 6.59. The van der Waals surface area contributed by atoms with Crippen LogP contribution in [0.3, 0.4) is 0 Å². The van der Waals surface area contributed by atoms with E-state index in [2.05, 4.69) is 0 Å². The zero-order valence-corrected chi connectivity index (χ0v) is 8.97. The SMILES string of the molecule is CCC(C)OP(=O)(O)C(C)(C)N. The van der Waals surface area contributed by atoms with Crippen molar-refractivity contribution >= 4 is 7.60 Å². The first kappa shape index (κ1) is 12.1. The van der Waals surface area contributed by atoms with Crippen molar-refractivity contribution in [2.24, 2.45) is 5.73 Å². The lowest BCUT2D eigenvalue weighted by atomic mass is 10.3. The molecule has 0 amide bonds. The van der Waals surface area contributed by atoms with Gasteiger partial charge in [-0.25, -0.2) is 0 Å². The zero-order chi connectivity index (χ0) is 9.99. The summed E-state index contributed by atoms with van der Waals surface area (Å²) < 4.78 is 16.4. The summed E-state index contributed by atoms with van der Waals surface area (Å²) in [7, 11) is -3.67. The van der Waals surface area contributed by atoms with E-state index in [4.69, 9.17) is 10.3 Å². The van der Waals surface area contributed by atoms with Gasteiger partial charge in [0.15, 0.2) is 0 Å². The van der Waals surface area contributed by atoms with E-state index >= 15 is 0 Å². The first-order valence-corrected chi connectivity index (χ1v) is 5.58. The fourth-order valence-corrected chi connectivity index (χ4v) is 1.36. The summed E-state index contributed by atoms with van der Waals surface area (Å²) in [4.78, 5) is 9.36. The fourth-order valence-electron chi connectivity index (χ4n) is 0.454. The maximum atomic E-state index is 11.4. The van der Waals surface area contributed by atoms with Crippen molar-refractivity contribution in [2.45, 2.75) is 45.5 Å². The van der Waals surface area contributed by atoms with E-state index in [0.29, 0.717) is 6.42 Å². The van der Waals surface area contributed by atoms with Gasteiger partial charge in [0.2, 0.25) is 0 Å². The smallest absolute Gasteiger partial charge is 0.323 e. The average Bonchev–Trinajstić information content (AvgIpc) is 1.84. The highest BCUT2D eigenvalue weighted by Crippen LogP contribution is 2.53. The van der Waals surface area contributed by atoms with Gasteiger partial charge in [0.1, 0.15) is 5.28 Å². The van der Waals surface area contributed by atoms with Gasteiger partial charge < -0.3 is 15.2 Å². The molecule has 0 aliphatic heterocycles. The van der Waals surface area contributed by atoms with Gasteiger partial charge >= 0.3 is 7.60 Å². The lowest BCUT2D eigenvalue weighted by molar-refractivity contribution is 0.172. The standard InChI is InChI=1S/C7H18NO3P/c1-5-6(2)11-12(9,10)7(3,4)8/h6H,5,8H2,1-4H3,(H,9,10). The van der Waals surface area contributed by atoms with E-state index in [9.17, 15) is 9.46 Å². The minimum atomic E-state index is -3.67. The highest BCUT2D eigenvalue weighted by molar-refractivity contribution is 7.54. The van der Waals surface area contributed by atoms with Crippen molar-refractivity contribution in [3.05, 3.63) is 0 Å². The molecule has 0 saturated carbocycles. The third kappa shape index (κ3) is 3.23. The molecule has 4 nitrogen and oxygen atoms in total. The van der Waals surface area contributed by atoms with E-state index in [0.717, 1.165) is 0 Å². The van der Waals surface area contributed by atoms with Crippen LogP contribution in [0.4, 0.5) is 0 Å². The Morgan fingerprint density at radius 2 is 2.08 bits per heavy atom. The Morgan fingerprint density at radius 1 is 1.67 bits per heavy atom. The van der Waals surface area contributed by atoms with Crippen LogP contribution in [0.1, 0.15) is 34.1 Å². The fraction of sp³-hybridized carbons (Fsp3) is 1.00. The average molecular weight is 195 g/mol. The molecule has 0 aromatic rings. The molecule has 0 aliphatic rings. The Bertz CT molecular complexity index is 188. The van der Waals surface area contributed by atoms with Crippen molar-refractivity contribution in [3.8, 4) is 0 Å². The van der Waals surface area contributed by atoms with Crippen molar-refractivity contribution in [1.82, 2.24) is 0 Å². The topological polar surface area (TPSA) is 72.5 Å². The molecular weight excluding hydrogens is 177 g/mol. The quantitative estimate of drug-likeness (QED) is 0.669. The van der Waals surface area contributed by atoms with Crippen LogP contribution >= 0.6 is 7.60 Å². The predicted molar refractivity (Wildman–Crippen MR) is 48.9 cm³/mol. The van der Waals surface area contributed by atoms with Gasteiger partial charge in [-0.2, -0.15) is 0 Å². The molecule has 0 aromatic heterocycles. The van der Waals surface area contributed by atoms with Gasteiger partial charge in [0.05, 0.1) is 6.10 Å². The van der Waals surface area contributed by atoms with Gasteiger partial charge in [-0.05, 0) is 27.2 Å². The molecule has 2 unspecified atom stereocenters.